The maximum absolute atomic E-state index is 8.63. The lowest BCUT2D eigenvalue weighted by molar-refractivity contribution is 0.292. The molecule has 21 heavy (non-hydrogen) atoms. The normalized spacial score (nSPS) is 10.9. The maximum Gasteiger partial charge on any atom is 0.156 e. The molecular formula is C15H24Cl2N2O2. The van der Waals surface area contributed by atoms with Crippen LogP contribution in [0.5, 0.6) is 5.75 Å². The zero-order valence-corrected chi connectivity index (χ0v) is 13.9. The van der Waals surface area contributed by atoms with E-state index >= 15 is 0 Å². The van der Waals surface area contributed by atoms with Crippen molar-refractivity contribution in [3.63, 3.8) is 0 Å². The van der Waals surface area contributed by atoms with Crippen molar-refractivity contribution in [1.29, 1.82) is 0 Å². The number of ether oxygens (including phenoxy) is 1. The van der Waals surface area contributed by atoms with Crippen molar-refractivity contribution in [2.45, 2.75) is 26.3 Å². The molecule has 0 spiro atoms. The first kappa shape index (κ1) is 18.5. The third-order valence-electron chi connectivity index (χ3n) is 2.83. The molecule has 0 aromatic heterocycles. The Kier molecular flexibility index (Phi) is 9.79. The highest BCUT2D eigenvalue weighted by molar-refractivity contribution is 6.37. The SMILES string of the molecule is CCCOc1c(Cl)cc(CNCCCNCCO)cc1Cl. The van der Waals surface area contributed by atoms with Crippen LogP contribution >= 0.6 is 23.2 Å². The van der Waals surface area contributed by atoms with Gasteiger partial charge in [0.05, 0.1) is 23.3 Å². The molecule has 1 aromatic rings. The zero-order valence-electron chi connectivity index (χ0n) is 12.4. The number of halogens is 2. The van der Waals surface area contributed by atoms with Gasteiger partial charge in [-0.2, -0.15) is 0 Å². The summed E-state index contributed by atoms with van der Waals surface area (Å²) in [6, 6.07) is 3.77. The largest absolute Gasteiger partial charge is 0.490 e. The van der Waals surface area contributed by atoms with E-state index in [9.17, 15) is 0 Å². The van der Waals surface area contributed by atoms with Crippen molar-refractivity contribution in [2.75, 3.05) is 32.8 Å². The van der Waals surface area contributed by atoms with Crippen molar-refractivity contribution >= 4 is 23.2 Å². The van der Waals surface area contributed by atoms with Crippen molar-refractivity contribution in [3.05, 3.63) is 27.7 Å². The van der Waals surface area contributed by atoms with Gasteiger partial charge in [-0.05, 0) is 43.6 Å². The second kappa shape index (κ2) is 11.1. The molecule has 120 valence electrons. The summed E-state index contributed by atoms with van der Waals surface area (Å²) in [7, 11) is 0. The Morgan fingerprint density at radius 3 is 2.38 bits per heavy atom. The standard InChI is InChI=1S/C15H24Cl2N2O2/c1-2-8-21-15-13(16)9-12(10-14(15)17)11-19-5-3-4-18-6-7-20/h9-10,18-20H,2-8,11H2,1H3. The molecular weight excluding hydrogens is 311 g/mol. The Hall–Kier alpha value is -0.520. The van der Waals surface area contributed by atoms with Gasteiger partial charge in [0.1, 0.15) is 0 Å². The molecule has 1 aromatic carbocycles. The Morgan fingerprint density at radius 2 is 1.76 bits per heavy atom. The fraction of sp³-hybridized carbons (Fsp3) is 0.600. The fourth-order valence-electron chi connectivity index (χ4n) is 1.83. The predicted octanol–water partition coefficient (Wildman–Crippen LogP) is 2.84. The Balaban J connectivity index is 2.35. The number of benzene rings is 1. The number of aliphatic hydroxyl groups is 1. The van der Waals surface area contributed by atoms with Crippen LogP contribution in [0.3, 0.4) is 0 Å². The lowest BCUT2D eigenvalue weighted by Gasteiger charge is -2.12. The summed E-state index contributed by atoms with van der Waals surface area (Å²) >= 11 is 12.4. The quantitative estimate of drug-likeness (QED) is 0.545. The topological polar surface area (TPSA) is 53.5 Å². The molecule has 0 fully saturated rings. The Labute approximate surface area is 136 Å². The van der Waals surface area contributed by atoms with Crippen molar-refractivity contribution in [1.82, 2.24) is 10.6 Å². The number of nitrogens with one attached hydrogen (secondary N) is 2. The highest BCUT2D eigenvalue weighted by Gasteiger charge is 2.09. The number of aliphatic hydroxyl groups excluding tert-OH is 1. The summed E-state index contributed by atoms with van der Waals surface area (Å²) in [6.07, 6.45) is 1.92. The van der Waals surface area contributed by atoms with Crippen molar-refractivity contribution in [3.8, 4) is 5.75 Å². The van der Waals surface area contributed by atoms with E-state index in [1.54, 1.807) is 0 Å². The lowest BCUT2D eigenvalue weighted by atomic mass is 10.2. The van der Waals surface area contributed by atoms with Crippen molar-refractivity contribution < 1.29 is 9.84 Å². The van der Waals surface area contributed by atoms with Crippen LogP contribution in [0.1, 0.15) is 25.3 Å². The van der Waals surface area contributed by atoms with Crippen molar-refractivity contribution in [2.24, 2.45) is 0 Å². The molecule has 0 atom stereocenters. The Morgan fingerprint density at radius 1 is 1.10 bits per heavy atom. The number of hydrogen-bond donors (Lipinski definition) is 3. The van der Waals surface area contributed by atoms with Gasteiger partial charge in [0.2, 0.25) is 0 Å². The van der Waals surface area contributed by atoms with Crippen LogP contribution in [0.4, 0.5) is 0 Å². The molecule has 0 amide bonds. The van der Waals surface area contributed by atoms with E-state index in [-0.39, 0.29) is 6.61 Å². The van der Waals surface area contributed by atoms with Crippen LogP contribution in [-0.4, -0.2) is 38.0 Å². The summed E-state index contributed by atoms with van der Waals surface area (Å²) in [5.41, 5.74) is 1.04. The third kappa shape index (κ3) is 7.34. The zero-order chi connectivity index (χ0) is 15.5. The van der Waals surface area contributed by atoms with Gasteiger partial charge in [-0.3, -0.25) is 0 Å². The molecule has 3 N–H and O–H groups in total. The molecule has 0 radical (unpaired) electrons. The van der Waals surface area contributed by atoms with Crippen LogP contribution in [0.2, 0.25) is 10.0 Å². The summed E-state index contributed by atoms with van der Waals surface area (Å²) in [5.74, 6) is 0.567. The van der Waals surface area contributed by atoms with Gasteiger partial charge in [0.15, 0.2) is 5.75 Å². The maximum atomic E-state index is 8.63. The Bertz CT molecular complexity index is 394. The molecule has 1 rings (SSSR count). The van der Waals surface area contributed by atoms with E-state index in [0.717, 1.165) is 31.5 Å². The fourth-order valence-corrected chi connectivity index (χ4v) is 2.47. The van der Waals surface area contributed by atoms with Crippen LogP contribution in [-0.2, 0) is 6.54 Å². The number of rotatable bonds is 11. The molecule has 0 unspecified atom stereocenters. The van der Waals surface area contributed by atoms with Gasteiger partial charge in [-0.25, -0.2) is 0 Å². The van der Waals surface area contributed by atoms with Crippen LogP contribution in [0.25, 0.3) is 0 Å². The van der Waals surface area contributed by atoms with Gasteiger partial charge >= 0.3 is 0 Å². The minimum Gasteiger partial charge on any atom is -0.490 e. The lowest BCUT2D eigenvalue weighted by Crippen LogP contribution is -2.23. The van der Waals surface area contributed by atoms with E-state index < -0.39 is 0 Å². The first-order valence-corrected chi connectivity index (χ1v) is 8.07. The van der Waals surface area contributed by atoms with Gasteiger partial charge in [0.25, 0.3) is 0 Å². The number of hydrogen-bond acceptors (Lipinski definition) is 4. The van der Waals surface area contributed by atoms with E-state index in [1.165, 1.54) is 0 Å². The molecule has 0 heterocycles. The highest BCUT2D eigenvalue weighted by Crippen LogP contribution is 2.34. The summed E-state index contributed by atoms with van der Waals surface area (Å²) in [5, 5.41) is 16.2. The molecule has 0 bridgehead atoms. The first-order valence-electron chi connectivity index (χ1n) is 7.32. The average Bonchev–Trinajstić information content (AvgIpc) is 2.45. The molecule has 0 saturated heterocycles. The van der Waals surface area contributed by atoms with Gasteiger partial charge < -0.3 is 20.5 Å². The first-order chi connectivity index (χ1) is 10.2. The second-order valence-electron chi connectivity index (χ2n) is 4.74. The summed E-state index contributed by atoms with van der Waals surface area (Å²) < 4.78 is 5.54. The van der Waals surface area contributed by atoms with Gasteiger partial charge in [-0.15, -0.1) is 0 Å². The molecule has 0 aliphatic heterocycles. The molecule has 6 heteroatoms. The molecule has 4 nitrogen and oxygen atoms in total. The van der Waals surface area contributed by atoms with E-state index in [0.29, 0.717) is 35.5 Å². The summed E-state index contributed by atoms with van der Waals surface area (Å²) in [6.45, 7) is 5.96. The minimum atomic E-state index is 0.177. The van der Waals surface area contributed by atoms with Crippen LogP contribution < -0.4 is 15.4 Å². The van der Waals surface area contributed by atoms with Crippen LogP contribution in [0.15, 0.2) is 12.1 Å². The summed E-state index contributed by atoms with van der Waals surface area (Å²) in [4.78, 5) is 0. The van der Waals surface area contributed by atoms with E-state index in [2.05, 4.69) is 10.6 Å². The molecule has 0 saturated carbocycles. The monoisotopic (exact) mass is 334 g/mol. The van der Waals surface area contributed by atoms with Gasteiger partial charge in [0, 0.05) is 13.1 Å². The highest BCUT2D eigenvalue weighted by atomic mass is 35.5. The molecule has 0 aliphatic carbocycles. The van der Waals surface area contributed by atoms with E-state index in [1.807, 2.05) is 19.1 Å². The van der Waals surface area contributed by atoms with E-state index in [4.69, 9.17) is 33.0 Å². The third-order valence-corrected chi connectivity index (χ3v) is 3.39. The molecule has 0 aliphatic rings. The predicted molar refractivity (Wildman–Crippen MR) is 88.5 cm³/mol. The smallest absolute Gasteiger partial charge is 0.156 e. The van der Waals surface area contributed by atoms with Gasteiger partial charge in [-0.1, -0.05) is 30.1 Å². The van der Waals surface area contributed by atoms with Crippen LogP contribution in [0, 0.1) is 0 Å². The second-order valence-corrected chi connectivity index (χ2v) is 5.56. The average molecular weight is 335 g/mol. The minimum absolute atomic E-state index is 0.177.